The van der Waals surface area contributed by atoms with Crippen molar-refractivity contribution in [2.24, 2.45) is 16.7 Å². The molecule has 6 nitrogen and oxygen atoms in total. The molecule has 0 spiro atoms. The van der Waals surface area contributed by atoms with E-state index in [4.69, 9.17) is 5.73 Å². The molecule has 0 aromatic heterocycles. The molecule has 5 N–H and O–H groups in total. The summed E-state index contributed by atoms with van der Waals surface area (Å²) in [7, 11) is 0. The molecule has 0 aromatic rings. The predicted octanol–water partition coefficient (Wildman–Crippen LogP) is -1.22. The Labute approximate surface area is 64.3 Å². The van der Waals surface area contributed by atoms with Crippen molar-refractivity contribution in [3.8, 4) is 0 Å². The summed E-state index contributed by atoms with van der Waals surface area (Å²) >= 11 is 0. The minimum atomic E-state index is -5.08. The largest absolute Gasteiger partial charge is 0.493 e. The second-order valence-electron chi connectivity index (χ2n) is 1.50. The highest BCUT2D eigenvalue weighted by molar-refractivity contribution is 5.80. The first-order valence-electron chi connectivity index (χ1n) is 2.45. The maximum atomic E-state index is 11.4. The van der Waals surface area contributed by atoms with E-state index in [2.05, 4.69) is 15.8 Å². The predicted molar refractivity (Wildman–Crippen MR) is 31.1 cm³/mol. The van der Waals surface area contributed by atoms with Crippen LogP contribution in [0.5, 0.6) is 0 Å². The van der Waals surface area contributed by atoms with E-state index >= 15 is 0 Å². The van der Waals surface area contributed by atoms with Gasteiger partial charge in [0.15, 0.2) is 0 Å². The maximum absolute atomic E-state index is 11.4. The van der Waals surface area contributed by atoms with Gasteiger partial charge in [-0.25, -0.2) is 4.79 Å². The quantitative estimate of drug-likeness (QED) is 0.190. The van der Waals surface area contributed by atoms with Gasteiger partial charge in [0, 0.05) is 0 Å². The summed E-state index contributed by atoms with van der Waals surface area (Å²) in [5, 5.41) is 2.68. The minimum absolute atomic E-state index is 0.646. The van der Waals surface area contributed by atoms with Crippen molar-refractivity contribution in [1.82, 2.24) is 5.48 Å². The fraction of sp³-hybridized carbons (Fsp3) is 0.333. The van der Waals surface area contributed by atoms with Crippen LogP contribution in [0.15, 0.2) is 5.10 Å². The second kappa shape index (κ2) is 3.64. The molecule has 0 amide bonds. The van der Waals surface area contributed by atoms with Gasteiger partial charge in [-0.1, -0.05) is 0 Å². The molecule has 0 rings (SSSR count). The number of hydrogen-bond donors (Lipinski definition) is 3. The molecule has 0 fully saturated rings. The van der Waals surface area contributed by atoms with Crippen LogP contribution in [0.25, 0.3) is 0 Å². The Kier molecular flexibility index (Phi) is 3.14. The van der Waals surface area contributed by atoms with Gasteiger partial charge in [-0.15, -0.1) is 5.10 Å². The molecule has 12 heavy (non-hydrogen) atoms. The second-order valence-corrected chi connectivity index (χ2v) is 1.50. The molecule has 0 heterocycles. The van der Waals surface area contributed by atoms with Gasteiger partial charge in [0.25, 0.3) is 0 Å². The van der Waals surface area contributed by atoms with Crippen LogP contribution in [-0.2, 0) is 9.63 Å². The zero-order valence-electron chi connectivity index (χ0n) is 5.55. The molecule has 0 saturated heterocycles. The van der Waals surface area contributed by atoms with Crippen molar-refractivity contribution in [3.05, 3.63) is 0 Å². The molecule has 0 radical (unpaired) electrons. The summed E-state index contributed by atoms with van der Waals surface area (Å²) in [5.74, 6) is 1.41. The molecule has 9 heteroatoms. The summed E-state index contributed by atoms with van der Waals surface area (Å²) in [6, 6.07) is 0. The number of hydroxylamine groups is 1. The monoisotopic (exact) mass is 186 g/mol. The van der Waals surface area contributed by atoms with Crippen LogP contribution >= 0.6 is 0 Å². The lowest BCUT2D eigenvalue weighted by Gasteiger charge is -2.06. The lowest BCUT2D eigenvalue weighted by Crippen LogP contribution is -2.38. The molecule has 0 bridgehead atoms. The Morgan fingerprint density at radius 1 is 1.50 bits per heavy atom. The number of carbonyl (C=O) groups is 1. The number of nitrogens with zero attached hydrogens (tertiary/aromatic N) is 1. The lowest BCUT2D eigenvalue weighted by atomic mass is 10.7. The third kappa shape index (κ3) is 3.49. The van der Waals surface area contributed by atoms with Crippen molar-refractivity contribution >= 4 is 11.9 Å². The Balaban J connectivity index is 3.89. The smallest absolute Gasteiger partial charge is 0.366 e. The highest BCUT2D eigenvalue weighted by Crippen LogP contribution is 2.15. The van der Waals surface area contributed by atoms with Crippen molar-refractivity contribution in [2.45, 2.75) is 6.18 Å². The van der Waals surface area contributed by atoms with Crippen LogP contribution in [0.1, 0.15) is 0 Å². The van der Waals surface area contributed by atoms with E-state index in [1.54, 1.807) is 0 Å². The fourth-order valence-corrected chi connectivity index (χ4v) is 0.183. The highest BCUT2D eigenvalue weighted by atomic mass is 19.4. The summed E-state index contributed by atoms with van der Waals surface area (Å²) in [4.78, 5) is 13.3. The van der Waals surface area contributed by atoms with Gasteiger partial charge in [-0.2, -0.15) is 18.7 Å². The van der Waals surface area contributed by atoms with E-state index in [0.29, 0.717) is 0 Å². The summed E-state index contributed by atoms with van der Waals surface area (Å²) in [5.41, 5.74) is 6.11. The van der Waals surface area contributed by atoms with Crippen LogP contribution in [0.4, 0.5) is 13.2 Å². The fourth-order valence-electron chi connectivity index (χ4n) is 0.183. The first-order chi connectivity index (χ1) is 5.38. The van der Waals surface area contributed by atoms with Crippen LogP contribution in [0.2, 0.25) is 0 Å². The summed E-state index contributed by atoms with van der Waals surface area (Å²) in [6.45, 7) is 0. The van der Waals surface area contributed by atoms with Crippen LogP contribution in [0, 0.1) is 0 Å². The molecule has 0 aromatic carbocycles. The van der Waals surface area contributed by atoms with Gasteiger partial charge in [-0.3, -0.25) is 0 Å². The molecular formula is C3H5F3N4O2. The number of alkyl halides is 3. The number of nitrogens with one attached hydrogen (secondary N) is 1. The molecule has 0 aliphatic rings. The average Bonchev–Trinajstić information content (AvgIpc) is 1.97. The third-order valence-corrected chi connectivity index (χ3v) is 0.619. The van der Waals surface area contributed by atoms with Crippen molar-refractivity contribution < 1.29 is 22.8 Å². The van der Waals surface area contributed by atoms with E-state index in [1.807, 2.05) is 0 Å². The summed E-state index contributed by atoms with van der Waals surface area (Å²) in [6.07, 6.45) is -5.08. The molecule has 70 valence electrons. The Morgan fingerprint density at radius 2 is 2.00 bits per heavy atom. The molecule has 0 unspecified atom stereocenters. The van der Waals surface area contributed by atoms with Gasteiger partial charge in [-0.05, 0) is 0 Å². The topological polar surface area (TPSA) is 103 Å². The normalized spacial score (nSPS) is 12.4. The molecule has 0 aliphatic heterocycles. The lowest BCUT2D eigenvalue weighted by molar-refractivity contribution is -0.203. The number of rotatable bonds is 0. The van der Waals surface area contributed by atoms with Gasteiger partial charge in [0.1, 0.15) is 0 Å². The SMILES string of the molecule is NN=C(N)NOC(=O)C(F)(F)F. The van der Waals surface area contributed by atoms with E-state index in [0.717, 1.165) is 0 Å². The number of hydrazone groups is 1. The zero-order chi connectivity index (χ0) is 9.78. The van der Waals surface area contributed by atoms with Crippen molar-refractivity contribution in [2.75, 3.05) is 0 Å². The number of hydrogen-bond acceptors (Lipinski definition) is 4. The number of halogens is 3. The van der Waals surface area contributed by atoms with E-state index in [1.165, 1.54) is 5.48 Å². The van der Waals surface area contributed by atoms with Crippen LogP contribution in [0.3, 0.4) is 0 Å². The van der Waals surface area contributed by atoms with E-state index in [-0.39, 0.29) is 0 Å². The number of carbonyl (C=O) groups excluding carboxylic acids is 1. The van der Waals surface area contributed by atoms with Gasteiger partial charge in [0.05, 0.1) is 0 Å². The molecule has 0 atom stereocenters. The molecular weight excluding hydrogens is 181 g/mol. The van der Waals surface area contributed by atoms with Gasteiger partial charge < -0.3 is 16.4 Å². The first kappa shape index (κ1) is 10.3. The number of guanidine groups is 1. The van der Waals surface area contributed by atoms with Gasteiger partial charge >= 0.3 is 12.1 Å². The number of nitrogens with two attached hydrogens (primary N) is 2. The van der Waals surface area contributed by atoms with Crippen molar-refractivity contribution in [3.63, 3.8) is 0 Å². The minimum Gasteiger partial charge on any atom is -0.366 e. The molecule has 0 aliphatic carbocycles. The average molecular weight is 186 g/mol. The van der Waals surface area contributed by atoms with Crippen molar-refractivity contribution in [1.29, 1.82) is 0 Å². The Hall–Kier alpha value is -1.67. The van der Waals surface area contributed by atoms with Crippen LogP contribution in [-0.4, -0.2) is 18.1 Å². The third-order valence-electron chi connectivity index (χ3n) is 0.619. The summed E-state index contributed by atoms with van der Waals surface area (Å²) < 4.78 is 34.1. The Bertz CT molecular complexity index is 200. The maximum Gasteiger partial charge on any atom is 0.493 e. The van der Waals surface area contributed by atoms with E-state index < -0.39 is 18.1 Å². The first-order valence-corrected chi connectivity index (χ1v) is 2.45. The Morgan fingerprint density at radius 3 is 2.33 bits per heavy atom. The van der Waals surface area contributed by atoms with E-state index in [9.17, 15) is 18.0 Å². The standard InChI is InChI=1S/C3H5F3N4O2/c4-3(5,6)1(11)12-10-2(7)9-8/h8H2,(H3,7,9,10). The van der Waals surface area contributed by atoms with Crippen LogP contribution < -0.4 is 17.1 Å². The molecule has 0 saturated carbocycles. The highest BCUT2D eigenvalue weighted by Gasteiger charge is 2.41. The van der Waals surface area contributed by atoms with Gasteiger partial charge in [0.2, 0.25) is 5.96 Å². The zero-order valence-corrected chi connectivity index (χ0v) is 5.55.